The topological polar surface area (TPSA) is 358 Å². The van der Waals surface area contributed by atoms with Gasteiger partial charge in [0.25, 0.3) is 11.8 Å². The quantitative estimate of drug-likeness (QED) is 0.0281. The number of hydrogen-bond acceptors (Lipinski definition) is 19. The Hall–Kier alpha value is -7.38. The lowest BCUT2D eigenvalue weighted by molar-refractivity contribution is -0.113. The van der Waals surface area contributed by atoms with Crippen LogP contribution in [0.1, 0.15) is 92.2 Å². The van der Waals surface area contributed by atoms with Gasteiger partial charge in [0.2, 0.25) is 0 Å². The van der Waals surface area contributed by atoms with Gasteiger partial charge in [-0.25, -0.2) is 9.59 Å². The summed E-state index contributed by atoms with van der Waals surface area (Å²) in [6.07, 6.45) is 8.43. The fraction of sp³-hybridized carbons (Fsp3) is 0.516. The fourth-order valence-corrected chi connectivity index (χ4v) is 10.2. The number of aliphatic imine (C=N–C) groups is 2. The molecule has 2 aromatic rings. The summed E-state index contributed by atoms with van der Waals surface area (Å²) >= 11 is 0. The zero-order valence-electron chi connectivity index (χ0n) is 50.8. The largest absolute Gasteiger partial charge is 0.506 e. The number of carbonyl (C=O) groups excluding carboxylic acids is 4. The highest BCUT2D eigenvalue weighted by atomic mass is 16.6. The molecule has 2 heterocycles. The number of ether oxygens (including phenoxy) is 6. The van der Waals surface area contributed by atoms with Gasteiger partial charge < -0.3 is 86.5 Å². The van der Waals surface area contributed by atoms with Crippen LogP contribution in [0, 0.1) is 23.7 Å². The molecule has 0 aromatic heterocycles. The highest BCUT2D eigenvalue weighted by Gasteiger charge is 2.33. The lowest BCUT2D eigenvalue weighted by Crippen LogP contribution is -2.37. The number of benzene rings is 2. The molecule has 4 rings (SSSR count). The zero-order valence-corrected chi connectivity index (χ0v) is 50.8. The molecule has 1 unspecified atom stereocenters. The van der Waals surface area contributed by atoms with Crippen LogP contribution in [0.3, 0.4) is 0 Å². The molecule has 23 heteroatoms. The van der Waals surface area contributed by atoms with Gasteiger partial charge in [-0.3, -0.25) is 19.6 Å². The fourth-order valence-electron chi connectivity index (χ4n) is 10.2. The molecule has 468 valence electrons. The Labute approximate surface area is 498 Å². The van der Waals surface area contributed by atoms with Gasteiger partial charge in [-0.1, -0.05) is 76.3 Å². The predicted molar refractivity (Wildman–Crippen MR) is 326 cm³/mol. The number of anilines is 2. The van der Waals surface area contributed by atoms with Gasteiger partial charge in [0.05, 0.1) is 35.8 Å². The highest BCUT2D eigenvalue weighted by molar-refractivity contribution is 6.05. The first kappa shape index (κ1) is 70.1. The number of phenolic OH excluding ortho intramolecular Hbond substituents is 4. The number of aromatic hydroxyl groups is 4. The van der Waals surface area contributed by atoms with Crippen LogP contribution in [0.25, 0.3) is 0 Å². The Morgan fingerprint density at radius 2 is 0.988 bits per heavy atom. The standard InChI is InChI=1S/C62H89N7O16/c1-33-25-41-51(45(70)31-43(55(41)74)68-59(76)35(3)17-13-19-47(80-9)57(84-61(63)78)39(7)29-37(5)53(72)49(27-33)82-11)66-23-15-21-65-22-16-24-67-52-42-26-34(2)28-50(83-12)54(73)38(6)30-40(8)58(85-62(64)79)48(81-10)20-14-18-36(4)60(77)69-44(56(42)75)32-46(52)71/h13-14,17-20,23-24,29-34,37-38,47-50,53-54,57-58,65,70-75H,15-16,21-22,25-28H2,1-12H3,(H2,63,78)(H2,64,79)(H,68,76)(H,69,77)/t33-,34-,37+,38+,47+,48+,49+,50+,53+,54?,57+,58+/m1/s1. The molecule has 2 aromatic carbocycles. The minimum atomic E-state index is -1.04. The van der Waals surface area contributed by atoms with Gasteiger partial charge in [-0.2, -0.15) is 0 Å². The Bertz CT molecular complexity index is 2690. The van der Waals surface area contributed by atoms with E-state index in [-0.39, 0.29) is 92.7 Å². The van der Waals surface area contributed by atoms with Gasteiger partial charge in [-0.15, -0.1) is 0 Å². The summed E-state index contributed by atoms with van der Waals surface area (Å²) in [6, 6.07) is 2.44. The molecule has 2 aliphatic rings. The van der Waals surface area contributed by atoms with E-state index >= 15 is 0 Å². The van der Waals surface area contributed by atoms with Crippen molar-refractivity contribution in [1.29, 1.82) is 0 Å². The van der Waals surface area contributed by atoms with Gasteiger partial charge >= 0.3 is 12.2 Å². The first-order valence-corrected chi connectivity index (χ1v) is 28.3. The van der Waals surface area contributed by atoms with Crippen molar-refractivity contribution in [2.75, 3.05) is 52.2 Å². The number of allylic oxidation sites excluding steroid dienone is 4. The number of hydrogen-bond donors (Lipinski definition) is 11. The first-order chi connectivity index (χ1) is 40.3. The van der Waals surface area contributed by atoms with Crippen LogP contribution < -0.4 is 27.4 Å². The third kappa shape index (κ3) is 20.4. The molecule has 23 nitrogen and oxygen atoms in total. The second kappa shape index (κ2) is 33.9. The smallest absolute Gasteiger partial charge is 0.405 e. The van der Waals surface area contributed by atoms with Crippen LogP contribution in [0.2, 0.25) is 0 Å². The summed E-state index contributed by atoms with van der Waals surface area (Å²) in [6.45, 7) is 14.8. The van der Waals surface area contributed by atoms with Crippen molar-refractivity contribution in [2.45, 2.75) is 143 Å². The Balaban J connectivity index is 1.57. The number of carbonyl (C=O) groups is 4. The van der Waals surface area contributed by atoms with Crippen molar-refractivity contribution in [3.8, 4) is 23.0 Å². The minimum Gasteiger partial charge on any atom is -0.506 e. The van der Waals surface area contributed by atoms with Crippen molar-refractivity contribution in [2.24, 2.45) is 45.1 Å². The number of fused-ring (bicyclic) bond motifs is 4. The van der Waals surface area contributed by atoms with E-state index in [9.17, 15) is 49.8 Å². The Kier molecular flexibility index (Phi) is 28.0. The molecule has 12 atom stereocenters. The van der Waals surface area contributed by atoms with Gasteiger partial charge in [0.1, 0.15) is 46.6 Å². The average molecular weight is 1190 g/mol. The summed E-state index contributed by atoms with van der Waals surface area (Å²) in [7, 11) is 5.80. The molecule has 0 aliphatic carbocycles. The van der Waals surface area contributed by atoms with Crippen molar-refractivity contribution in [3.05, 3.63) is 94.2 Å². The Morgan fingerprint density at radius 3 is 1.32 bits per heavy atom. The molecule has 2 aliphatic heterocycles. The van der Waals surface area contributed by atoms with Crippen molar-refractivity contribution in [1.82, 2.24) is 5.32 Å². The van der Waals surface area contributed by atoms with Crippen molar-refractivity contribution in [3.63, 3.8) is 0 Å². The normalized spacial score (nSPS) is 26.5. The maximum Gasteiger partial charge on any atom is 0.405 e. The second-order valence-corrected chi connectivity index (χ2v) is 21.8. The highest BCUT2D eigenvalue weighted by Crippen LogP contribution is 2.46. The van der Waals surface area contributed by atoms with E-state index in [1.54, 1.807) is 90.4 Å². The molecule has 0 spiro atoms. The zero-order chi connectivity index (χ0) is 63.2. The van der Waals surface area contributed by atoms with Crippen LogP contribution in [0.5, 0.6) is 23.0 Å². The number of methoxy groups -OCH3 is 4. The lowest BCUT2D eigenvalue weighted by Gasteiger charge is -2.29. The molecule has 0 saturated heterocycles. The molecule has 85 heavy (non-hydrogen) atoms. The summed E-state index contributed by atoms with van der Waals surface area (Å²) < 4.78 is 33.7. The van der Waals surface area contributed by atoms with Crippen LogP contribution in [-0.2, 0) is 50.9 Å². The monoisotopic (exact) mass is 1190 g/mol. The summed E-state index contributed by atoms with van der Waals surface area (Å²) in [5.74, 6) is -3.98. The van der Waals surface area contributed by atoms with Crippen LogP contribution >= 0.6 is 0 Å². The number of nitrogens with one attached hydrogen (secondary N) is 3. The van der Waals surface area contributed by atoms with E-state index < -0.39 is 84.7 Å². The first-order valence-electron chi connectivity index (χ1n) is 28.3. The average Bonchev–Trinajstić information content (AvgIpc) is 2.62. The van der Waals surface area contributed by atoms with Crippen LogP contribution in [0.4, 0.5) is 32.3 Å². The number of nitrogens with two attached hydrogens (primary N) is 2. The molecule has 4 amide bonds. The SMILES string of the molecule is CO[C@H]1C[C@H](C)Cc2c(O)c(cc(O)c2N=CCCNCCC=Nc2c(O)cc3c(O)c2C[C@@H](C)C[C@H](OC)[C@@H](O)[C@@H](C)C=C(C)[C@H](OC(N)=O)[C@@H](OC)C=CC=C(C)C(=O)N3)NC(=O)C(C)=CC=C[C@H](OC)[C@@H](OC(N)=O)C(C)=C[C@H](C)C1O. The van der Waals surface area contributed by atoms with Gasteiger partial charge in [0, 0.05) is 100 Å². The number of phenols is 4. The molecule has 4 bridgehead atoms. The van der Waals surface area contributed by atoms with E-state index in [2.05, 4.69) is 25.9 Å². The molecule has 0 fully saturated rings. The summed E-state index contributed by atoms with van der Waals surface area (Å²) in [5.41, 5.74) is 13.0. The third-order valence-electron chi connectivity index (χ3n) is 14.9. The number of nitrogens with zero attached hydrogens (tertiary/aromatic N) is 2. The lowest BCUT2D eigenvalue weighted by atomic mass is 9.87. The number of aliphatic hydroxyl groups is 2. The van der Waals surface area contributed by atoms with E-state index in [1.807, 2.05) is 13.8 Å². The number of aliphatic hydroxyl groups excluding tert-OH is 2. The molecular weight excluding hydrogens is 1100 g/mol. The third-order valence-corrected chi connectivity index (χ3v) is 14.9. The Morgan fingerprint density at radius 1 is 0.624 bits per heavy atom. The van der Waals surface area contributed by atoms with E-state index in [1.165, 1.54) is 52.7 Å². The molecule has 0 radical (unpaired) electrons. The summed E-state index contributed by atoms with van der Waals surface area (Å²) in [5, 5.41) is 78.2. The van der Waals surface area contributed by atoms with Crippen molar-refractivity contribution < 1.29 is 78.2 Å². The second-order valence-electron chi connectivity index (χ2n) is 21.8. The number of primary amides is 2. The minimum absolute atomic E-state index is 0.0571. The van der Waals surface area contributed by atoms with E-state index in [0.717, 1.165) is 0 Å². The molecule has 0 saturated carbocycles. The maximum atomic E-state index is 13.5. The molecular formula is C62H89N7O16. The van der Waals surface area contributed by atoms with Crippen molar-refractivity contribution >= 4 is 59.2 Å². The maximum absolute atomic E-state index is 13.5. The molecule has 13 N–H and O–H groups in total. The van der Waals surface area contributed by atoms with Crippen LogP contribution in [-0.4, -0.2) is 157 Å². The number of amides is 4. The van der Waals surface area contributed by atoms with E-state index in [0.29, 0.717) is 49.9 Å². The van der Waals surface area contributed by atoms with E-state index in [4.69, 9.17) is 39.9 Å². The number of rotatable bonds is 14. The predicted octanol–water partition coefficient (Wildman–Crippen LogP) is 7.90. The van der Waals surface area contributed by atoms with Gasteiger partial charge in [-0.05, 0) is 89.2 Å². The van der Waals surface area contributed by atoms with Crippen LogP contribution in [0.15, 0.2) is 93.0 Å². The summed E-state index contributed by atoms with van der Waals surface area (Å²) in [4.78, 5) is 60.1. The van der Waals surface area contributed by atoms with Gasteiger partial charge in [0.15, 0.2) is 12.2 Å².